The number of carboxylic acid groups (broad SMARTS) is 1. The summed E-state index contributed by atoms with van der Waals surface area (Å²) in [5.41, 5.74) is 2.74. The van der Waals surface area contributed by atoms with Gasteiger partial charge in [-0.3, -0.25) is 4.79 Å². The van der Waals surface area contributed by atoms with Gasteiger partial charge in [0.05, 0.1) is 23.4 Å². The van der Waals surface area contributed by atoms with Crippen molar-refractivity contribution in [2.45, 2.75) is 30.8 Å². The normalized spacial score (nSPS) is 14.3. The predicted molar refractivity (Wildman–Crippen MR) is 155 cm³/mol. The lowest BCUT2D eigenvalue weighted by molar-refractivity contribution is -0.113. The van der Waals surface area contributed by atoms with E-state index in [-0.39, 0.29) is 5.56 Å². The van der Waals surface area contributed by atoms with Crippen LogP contribution in [0.2, 0.25) is 5.02 Å². The van der Waals surface area contributed by atoms with Crippen LogP contribution in [0.15, 0.2) is 89.2 Å². The molecule has 204 valence electrons. The van der Waals surface area contributed by atoms with Gasteiger partial charge in [0.1, 0.15) is 11.8 Å². The van der Waals surface area contributed by atoms with E-state index in [1.807, 2.05) is 37.3 Å². The van der Waals surface area contributed by atoms with E-state index in [1.165, 1.54) is 17.8 Å². The molecule has 9 nitrogen and oxygen atoms in total. The molecule has 3 N–H and O–H groups in total. The maximum absolute atomic E-state index is 13.9. The second-order valence-electron chi connectivity index (χ2n) is 8.88. The summed E-state index contributed by atoms with van der Waals surface area (Å²) in [5, 5.41) is 21.9. The molecule has 0 aliphatic carbocycles. The topological polar surface area (TPSA) is 118 Å². The van der Waals surface area contributed by atoms with Gasteiger partial charge in [-0.15, -0.1) is 5.10 Å². The Morgan fingerprint density at radius 3 is 2.60 bits per heavy atom. The highest BCUT2D eigenvalue weighted by Crippen LogP contribution is 2.39. The molecular formula is C29H26ClN5O4S. The van der Waals surface area contributed by atoms with Gasteiger partial charge in [0.2, 0.25) is 11.1 Å². The molecule has 0 fully saturated rings. The Morgan fingerprint density at radius 1 is 1.10 bits per heavy atom. The molecule has 0 saturated heterocycles. The van der Waals surface area contributed by atoms with Crippen molar-refractivity contribution in [2.75, 3.05) is 17.2 Å². The van der Waals surface area contributed by atoms with Crippen molar-refractivity contribution in [3.63, 3.8) is 0 Å². The van der Waals surface area contributed by atoms with E-state index in [0.29, 0.717) is 56.8 Å². The maximum atomic E-state index is 13.9. The number of allylic oxidation sites excluding steroid dienone is 1. The zero-order valence-electron chi connectivity index (χ0n) is 21.7. The highest BCUT2D eigenvalue weighted by atomic mass is 35.5. The number of para-hydroxylation sites is 2. The highest BCUT2D eigenvalue weighted by Gasteiger charge is 2.36. The van der Waals surface area contributed by atoms with Crippen LogP contribution in [-0.4, -0.2) is 38.4 Å². The van der Waals surface area contributed by atoms with Crippen molar-refractivity contribution >= 4 is 46.9 Å². The molecule has 5 rings (SSSR count). The molecule has 0 spiro atoms. The lowest BCUT2D eigenvalue weighted by Crippen LogP contribution is -2.32. The molecule has 1 amide bonds. The number of rotatable bonds is 9. The summed E-state index contributed by atoms with van der Waals surface area (Å²) in [6.07, 6.45) is 0. The molecule has 1 aliphatic rings. The van der Waals surface area contributed by atoms with Gasteiger partial charge < -0.3 is 20.5 Å². The van der Waals surface area contributed by atoms with Crippen LogP contribution in [0.4, 0.5) is 11.6 Å². The monoisotopic (exact) mass is 575 g/mol. The fourth-order valence-electron chi connectivity index (χ4n) is 4.50. The molecule has 0 radical (unpaired) electrons. The Bertz CT molecular complexity index is 1620. The summed E-state index contributed by atoms with van der Waals surface area (Å²) < 4.78 is 7.24. The maximum Gasteiger partial charge on any atom is 0.336 e. The fourth-order valence-corrected chi connectivity index (χ4v) is 5.62. The zero-order valence-corrected chi connectivity index (χ0v) is 23.3. The summed E-state index contributed by atoms with van der Waals surface area (Å²) in [4.78, 5) is 30.7. The Hall–Kier alpha value is -4.28. The number of nitrogens with zero attached hydrogens (tertiary/aromatic N) is 3. The van der Waals surface area contributed by atoms with Gasteiger partial charge in [-0.2, -0.15) is 4.98 Å². The number of carbonyl (C=O) groups is 2. The Kier molecular flexibility index (Phi) is 8.09. The number of thioether (sulfide) groups is 1. The minimum absolute atomic E-state index is 0.0638. The second kappa shape index (κ2) is 11.8. The van der Waals surface area contributed by atoms with Crippen LogP contribution in [0.1, 0.15) is 41.4 Å². The van der Waals surface area contributed by atoms with Gasteiger partial charge in [0, 0.05) is 16.5 Å². The van der Waals surface area contributed by atoms with E-state index in [1.54, 1.807) is 48.0 Å². The number of hydrogen-bond acceptors (Lipinski definition) is 7. The first-order chi connectivity index (χ1) is 19.4. The number of nitrogens with one attached hydrogen (secondary N) is 2. The molecule has 0 saturated carbocycles. The molecule has 2 heterocycles. The quantitative estimate of drug-likeness (QED) is 0.200. The Morgan fingerprint density at radius 2 is 1.82 bits per heavy atom. The third-order valence-electron chi connectivity index (χ3n) is 6.31. The molecule has 1 atom stereocenters. The Labute approximate surface area is 240 Å². The summed E-state index contributed by atoms with van der Waals surface area (Å²) in [5.74, 6) is -0.0665. The second-order valence-corrected chi connectivity index (χ2v) is 10.2. The van der Waals surface area contributed by atoms with E-state index >= 15 is 0 Å². The molecule has 1 unspecified atom stereocenters. The lowest BCUT2D eigenvalue weighted by Gasteiger charge is -2.29. The van der Waals surface area contributed by atoms with E-state index < -0.39 is 17.9 Å². The minimum atomic E-state index is -1.11. The molecule has 11 heteroatoms. The van der Waals surface area contributed by atoms with Crippen molar-refractivity contribution in [3.8, 4) is 5.75 Å². The lowest BCUT2D eigenvalue weighted by atomic mass is 9.91. The molecule has 1 aromatic heterocycles. The Balaban J connectivity index is 1.55. The van der Waals surface area contributed by atoms with Crippen LogP contribution in [0, 0.1) is 0 Å². The van der Waals surface area contributed by atoms with Crippen LogP contribution in [0.5, 0.6) is 5.75 Å². The summed E-state index contributed by atoms with van der Waals surface area (Å²) in [6, 6.07) is 20.4. The van der Waals surface area contributed by atoms with Crippen molar-refractivity contribution in [1.29, 1.82) is 0 Å². The van der Waals surface area contributed by atoms with Gasteiger partial charge in [-0.1, -0.05) is 71.9 Å². The number of amides is 1. The van der Waals surface area contributed by atoms with Crippen molar-refractivity contribution in [1.82, 2.24) is 14.8 Å². The van der Waals surface area contributed by atoms with E-state index in [0.717, 1.165) is 5.56 Å². The van der Waals surface area contributed by atoms with E-state index in [9.17, 15) is 14.7 Å². The highest BCUT2D eigenvalue weighted by molar-refractivity contribution is 7.98. The van der Waals surface area contributed by atoms with Gasteiger partial charge in [0.25, 0.3) is 5.91 Å². The largest absolute Gasteiger partial charge is 0.492 e. The summed E-state index contributed by atoms with van der Waals surface area (Å²) >= 11 is 7.72. The number of benzene rings is 3. The van der Waals surface area contributed by atoms with E-state index in [2.05, 4.69) is 15.6 Å². The van der Waals surface area contributed by atoms with Crippen LogP contribution in [0.25, 0.3) is 0 Å². The smallest absolute Gasteiger partial charge is 0.336 e. The van der Waals surface area contributed by atoms with Crippen molar-refractivity contribution < 1.29 is 19.4 Å². The fraction of sp³-hybridized carbons (Fsp3) is 0.172. The van der Waals surface area contributed by atoms with Crippen LogP contribution in [0.3, 0.4) is 0 Å². The number of ether oxygens (including phenoxy) is 1. The van der Waals surface area contributed by atoms with Crippen LogP contribution in [-0.2, 0) is 10.5 Å². The molecular weight excluding hydrogens is 550 g/mol. The average molecular weight is 576 g/mol. The third-order valence-corrected chi connectivity index (χ3v) is 7.57. The van der Waals surface area contributed by atoms with Gasteiger partial charge in [-0.05, 0) is 49.2 Å². The predicted octanol–water partition coefficient (Wildman–Crippen LogP) is 6.25. The molecule has 0 bridgehead atoms. The minimum Gasteiger partial charge on any atom is -0.492 e. The SMILES string of the molecule is CCOc1ccccc1NC(=O)C1=C(C)Nc2nc(SCc3ccccc3Cl)nn2C1c1ccccc1C(=O)O. The molecule has 1 aliphatic heterocycles. The van der Waals surface area contributed by atoms with Crippen LogP contribution >= 0.6 is 23.4 Å². The number of aromatic carboxylic acids is 1. The van der Waals surface area contributed by atoms with E-state index in [4.69, 9.17) is 21.4 Å². The van der Waals surface area contributed by atoms with Crippen LogP contribution < -0.4 is 15.4 Å². The number of carbonyl (C=O) groups excluding carboxylic acids is 1. The summed E-state index contributed by atoms with van der Waals surface area (Å²) in [7, 11) is 0. The molecule has 4 aromatic rings. The molecule has 40 heavy (non-hydrogen) atoms. The number of aromatic nitrogens is 3. The van der Waals surface area contributed by atoms with Gasteiger partial charge >= 0.3 is 5.97 Å². The zero-order chi connectivity index (χ0) is 28.2. The number of hydrogen-bond donors (Lipinski definition) is 3. The van der Waals surface area contributed by atoms with Crippen molar-refractivity contribution in [2.24, 2.45) is 0 Å². The number of fused-ring (bicyclic) bond motifs is 1. The third kappa shape index (κ3) is 5.54. The molecule has 3 aromatic carbocycles. The number of halogens is 1. The standard InChI is InChI=1S/C29H26ClN5O4S/c1-3-39-23-15-9-8-14-22(23)32-26(36)24-17(2)31-28-33-29(40-16-18-10-4-7-13-21(18)30)34-35(28)25(24)19-11-5-6-12-20(19)27(37)38/h4-15,25H,3,16H2,1-2H3,(H,32,36)(H,37,38)(H,31,33,34). The first kappa shape index (κ1) is 27.3. The van der Waals surface area contributed by atoms with Gasteiger partial charge in [0.15, 0.2) is 0 Å². The van der Waals surface area contributed by atoms with Gasteiger partial charge in [-0.25, -0.2) is 9.48 Å². The first-order valence-corrected chi connectivity index (χ1v) is 13.9. The number of carboxylic acids is 1. The van der Waals surface area contributed by atoms with Crippen molar-refractivity contribution in [3.05, 3.63) is 106 Å². The first-order valence-electron chi connectivity index (χ1n) is 12.5. The summed E-state index contributed by atoms with van der Waals surface area (Å²) in [6.45, 7) is 4.05. The number of anilines is 2. The average Bonchev–Trinajstić information content (AvgIpc) is 3.35.